The van der Waals surface area contributed by atoms with Gasteiger partial charge in [0, 0.05) is 35.0 Å². The standard InChI is InChI=1S/C20H20F3N3OS/c21-20(22,23)13-7-9-26(10-8-13)16-4-1-14(2-5-16)24-15-3-6-17-18(11-15)28-12-19(27)25-17/h1-6,11,13,24H,7-10,12H2,(H,25,27). The number of hydrogen-bond donors (Lipinski definition) is 2. The Hall–Kier alpha value is -2.35. The number of fused-ring (bicyclic) bond motifs is 1. The zero-order valence-electron chi connectivity index (χ0n) is 15.1. The first-order valence-electron chi connectivity index (χ1n) is 9.14. The summed E-state index contributed by atoms with van der Waals surface area (Å²) in [6.07, 6.45) is -3.80. The summed E-state index contributed by atoms with van der Waals surface area (Å²) < 4.78 is 38.4. The maximum atomic E-state index is 12.8. The molecule has 0 aromatic heterocycles. The van der Waals surface area contributed by atoms with Crippen LogP contribution >= 0.6 is 11.8 Å². The Labute approximate surface area is 165 Å². The van der Waals surface area contributed by atoms with E-state index in [1.54, 1.807) is 0 Å². The highest BCUT2D eigenvalue weighted by molar-refractivity contribution is 8.00. The Morgan fingerprint density at radius 1 is 1.04 bits per heavy atom. The van der Waals surface area contributed by atoms with Gasteiger partial charge in [0.1, 0.15) is 0 Å². The number of carbonyl (C=O) groups is 1. The first kappa shape index (κ1) is 19.0. The second kappa shape index (κ2) is 7.58. The fourth-order valence-corrected chi connectivity index (χ4v) is 4.38. The highest BCUT2D eigenvalue weighted by atomic mass is 32.2. The molecule has 2 aromatic carbocycles. The zero-order valence-corrected chi connectivity index (χ0v) is 15.9. The number of hydrogen-bond acceptors (Lipinski definition) is 4. The molecule has 2 N–H and O–H groups in total. The van der Waals surface area contributed by atoms with Gasteiger partial charge in [-0.2, -0.15) is 13.2 Å². The molecule has 0 radical (unpaired) electrons. The SMILES string of the molecule is O=C1CSc2cc(Nc3ccc(N4CCC(C(F)(F)F)CC4)cc3)ccc2N1. The van der Waals surface area contributed by atoms with Crippen LogP contribution in [0, 0.1) is 5.92 Å². The van der Waals surface area contributed by atoms with Gasteiger partial charge in [0.15, 0.2) is 0 Å². The molecule has 2 heterocycles. The van der Waals surface area contributed by atoms with E-state index in [2.05, 4.69) is 10.6 Å². The Morgan fingerprint density at radius 2 is 1.71 bits per heavy atom. The summed E-state index contributed by atoms with van der Waals surface area (Å²) in [4.78, 5) is 14.5. The molecular formula is C20H20F3N3OS. The second-order valence-electron chi connectivity index (χ2n) is 7.02. The normalized spacial score (nSPS) is 17.8. The smallest absolute Gasteiger partial charge is 0.372 e. The fourth-order valence-electron chi connectivity index (χ4n) is 3.54. The predicted octanol–water partition coefficient (Wildman–Crippen LogP) is 5.25. The molecule has 2 aromatic rings. The molecule has 0 spiro atoms. The van der Waals surface area contributed by atoms with Gasteiger partial charge in [0.2, 0.25) is 5.91 Å². The van der Waals surface area contributed by atoms with Crippen molar-refractivity contribution in [2.45, 2.75) is 23.9 Å². The molecule has 0 unspecified atom stereocenters. The third kappa shape index (κ3) is 4.22. The summed E-state index contributed by atoms with van der Waals surface area (Å²) in [6.45, 7) is 0.843. The van der Waals surface area contributed by atoms with Gasteiger partial charge >= 0.3 is 6.18 Å². The minimum Gasteiger partial charge on any atom is -0.372 e. The molecule has 4 nitrogen and oxygen atoms in total. The molecule has 28 heavy (non-hydrogen) atoms. The monoisotopic (exact) mass is 407 g/mol. The predicted molar refractivity (Wildman–Crippen MR) is 107 cm³/mol. The maximum absolute atomic E-state index is 12.8. The van der Waals surface area contributed by atoms with Crippen molar-refractivity contribution in [1.82, 2.24) is 0 Å². The number of carbonyl (C=O) groups excluding carboxylic acids is 1. The lowest BCUT2D eigenvalue weighted by Crippen LogP contribution is -2.38. The highest BCUT2D eigenvalue weighted by Crippen LogP contribution is 2.36. The number of nitrogens with zero attached hydrogens (tertiary/aromatic N) is 1. The van der Waals surface area contributed by atoms with Crippen molar-refractivity contribution in [3.05, 3.63) is 42.5 Å². The van der Waals surface area contributed by atoms with E-state index < -0.39 is 12.1 Å². The van der Waals surface area contributed by atoms with Crippen LogP contribution < -0.4 is 15.5 Å². The minimum atomic E-state index is -4.09. The fraction of sp³-hybridized carbons (Fsp3) is 0.350. The number of rotatable bonds is 3. The van der Waals surface area contributed by atoms with Crippen molar-refractivity contribution in [3.8, 4) is 0 Å². The van der Waals surface area contributed by atoms with Gasteiger partial charge in [0.25, 0.3) is 0 Å². The molecule has 0 aliphatic carbocycles. The van der Waals surface area contributed by atoms with Crippen LogP contribution in [0.4, 0.5) is 35.9 Å². The van der Waals surface area contributed by atoms with Crippen LogP contribution in [0.5, 0.6) is 0 Å². The molecule has 1 saturated heterocycles. The lowest BCUT2D eigenvalue weighted by molar-refractivity contribution is -0.179. The summed E-state index contributed by atoms with van der Waals surface area (Å²) in [5.74, 6) is -0.764. The highest BCUT2D eigenvalue weighted by Gasteiger charge is 2.41. The van der Waals surface area contributed by atoms with E-state index in [4.69, 9.17) is 0 Å². The van der Waals surface area contributed by atoms with Gasteiger partial charge in [-0.25, -0.2) is 0 Å². The number of alkyl halides is 3. The molecule has 0 saturated carbocycles. The Morgan fingerprint density at radius 3 is 2.39 bits per heavy atom. The molecule has 2 aliphatic heterocycles. The van der Waals surface area contributed by atoms with Gasteiger partial charge < -0.3 is 15.5 Å². The number of anilines is 4. The van der Waals surface area contributed by atoms with Gasteiger partial charge in [-0.15, -0.1) is 11.8 Å². The van der Waals surface area contributed by atoms with Gasteiger partial charge in [0.05, 0.1) is 17.4 Å². The first-order valence-corrected chi connectivity index (χ1v) is 10.1. The van der Waals surface area contributed by atoms with E-state index in [-0.39, 0.29) is 18.7 Å². The minimum absolute atomic E-state index is 0.00747. The van der Waals surface area contributed by atoms with Crippen molar-refractivity contribution in [2.75, 3.05) is 34.4 Å². The van der Waals surface area contributed by atoms with E-state index in [0.717, 1.165) is 27.6 Å². The quantitative estimate of drug-likeness (QED) is 0.729. The van der Waals surface area contributed by atoms with E-state index in [9.17, 15) is 18.0 Å². The topological polar surface area (TPSA) is 44.4 Å². The molecule has 148 valence electrons. The summed E-state index contributed by atoms with van der Waals surface area (Å²) in [5, 5.41) is 6.17. The number of halogens is 3. The number of piperidine rings is 1. The number of nitrogens with one attached hydrogen (secondary N) is 2. The van der Waals surface area contributed by atoms with Crippen molar-refractivity contribution in [3.63, 3.8) is 0 Å². The van der Waals surface area contributed by atoms with Crippen LogP contribution in [-0.4, -0.2) is 30.9 Å². The van der Waals surface area contributed by atoms with Crippen LogP contribution in [0.25, 0.3) is 0 Å². The van der Waals surface area contributed by atoms with E-state index >= 15 is 0 Å². The number of thioether (sulfide) groups is 1. The zero-order chi connectivity index (χ0) is 19.7. The number of amides is 1. The lowest BCUT2D eigenvalue weighted by Gasteiger charge is -2.34. The van der Waals surface area contributed by atoms with Crippen molar-refractivity contribution >= 4 is 40.4 Å². The van der Waals surface area contributed by atoms with Crippen molar-refractivity contribution in [1.29, 1.82) is 0 Å². The lowest BCUT2D eigenvalue weighted by atomic mass is 9.96. The molecule has 0 atom stereocenters. The van der Waals surface area contributed by atoms with E-state index in [1.165, 1.54) is 11.8 Å². The van der Waals surface area contributed by atoms with Gasteiger partial charge in [-0.05, 0) is 55.3 Å². The molecule has 0 bridgehead atoms. The van der Waals surface area contributed by atoms with E-state index in [1.807, 2.05) is 47.4 Å². The number of benzene rings is 2. The molecule has 2 aliphatic rings. The average Bonchev–Trinajstić information content (AvgIpc) is 2.68. The Bertz CT molecular complexity index is 862. The summed E-state index contributed by atoms with van der Waals surface area (Å²) in [6, 6.07) is 13.5. The second-order valence-corrected chi connectivity index (χ2v) is 8.04. The maximum Gasteiger partial charge on any atom is 0.391 e. The molecule has 1 fully saturated rings. The molecule has 1 amide bonds. The summed E-state index contributed by atoms with van der Waals surface area (Å²) in [5.41, 5.74) is 3.58. The summed E-state index contributed by atoms with van der Waals surface area (Å²) in [7, 11) is 0. The van der Waals surface area contributed by atoms with E-state index in [0.29, 0.717) is 18.8 Å². The molecule has 8 heteroatoms. The largest absolute Gasteiger partial charge is 0.391 e. The van der Waals surface area contributed by atoms with Crippen molar-refractivity contribution < 1.29 is 18.0 Å². The third-order valence-electron chi connectivity index (χ3n) is 5.09. The van der Waals surface area contributed by atoms with Crippen LogP contribution in [-0.2, 0) is 4.79 Å². The van der Waals surface area contributed by atoms with Crippen LogP contribution in [0.15, 0.2) is 47.4 Å². The van der Waals surface area contributed by atoms with Gasteiger partial charge in [-0.3, -0.25) is 4.79 Å². The van der Waals surface area contributed by atoms with Gasteiger partial charge in [-0.1, -0.05) is 0 Å². The average molecular weight is 407 g/mol. The molecular weight excluding hydrogens is 387 g/mol. The first-order chi connectivity index (χ1) is 13.4. The van der Waals surface area contributed by atoms with Crippen LogP contribution in [0.3, 0.4) is 0 Å². The van der Waals surface area contributed by atoms with Crippen LogP contribution in [0.1, 0.15) is 12.8 Å². The van der Waals surface area contributed by atoms with Crippen molar-refractivity contribution in [2.24, 2.45) is 5.92 Å². The summed E-state index contributed by atoms with van der Waals surface area (Å²) >= 11 is 1.51. The third-order valence-corrected chi connectivity index (χ3v) is 6.15. The Kier molecular flexibility index (Phi) is 5.14. The molecule has 4 rings (SSSR count). The Balaban J connectivity index is 1.38. The van der Waals surface area contributed by atoms with Crippen LogP contribution in [0.2, 0.25) is 0 Å².